The molecule has 0 rings (SSSR count). The van der Waals surface area contributed by atoms with Gasteiger partial charge in [-0.15, -0.1) is 0 Å². The maximum absolute atomic E-state index is 8.91. The molecule has 4 nitrogen and oxygen atoms in total. The maximum atomic E-state index is 8.91. The van der Waals surface area contributed by atoms with Crippen molar-refractivity contribution in [1.29, 1.82) is 0 Å². The van der Waals surface area contributed by atoms with Crippen LogP contribution < -0.4 is 34.4 Å². The Labute approximate surface area is 71.0 Å². The van der Waals surface area contributed by atoms with Crippen molar-refractivity contribution in [2.24, 2.45) is 0 Å². The van der Waals surface area contributed by atoms with Crippen LogP contribution in [-0.4, -0.2) is 23.4 Å². The largest absolute Gasteiger partial charge is 1.00 e. The Balaban J connectivity index is -0.0000000800. The average molecular weight is 152 g/mol. The van der Waals surface area contributed by atoms with Crippen molar-refractivity contribution in [2.45, 2.75) is 0 Å². The van der Waals surface area contributed by atoms with E-state index in [4.69, 9.17) is 19.2 Å². The first kappa shape index (κ1) is 15.8. The van der Waals surface area contributed by atoms with E-state index in [9.17, 15) is 0 Å². The van der Waals surface area contributed by atoms with Crippen molar-refractivity contribution >= 4 is 22.5 Å². The summed E-state index contributed by atoms with van der Waals surface area (Å²) in [6, 6.07) is 0. The van der Waals surface area contributed by atoms with Crippen LogP contribution >= 0.6 is 13.5 Å². The Bertz CT molecular complexity index is 27.2. The van der Waals surface area contributed by atoms with Gasteiger partial charge in [0.1, 0.15) is 0 Å². The van der Waals surface area contributed by atoms with Crippen molar-refractivity contribution in [2.75, 3.05) is 0 Å². The minimum absolute atomic E-state index is 0. The minimum Gasteiger partial charge on any atom is -0.794 e. The van der Waals surface area contributed by atoms with E-state index >= 15 is 0 Å². The zero-order valence-electron chi connectivity index (χ0n) is 3.75. The summed E-state index contributed by atoms with van der Waals surface area (Å²) in [5.41, 5.74) is 0. The van der Waals surface area contributed by atoms with E-state index in [2.05, 4.69) is 0 Å². The Morgan fingerprint density at radius 1 is 1.14 bits per heavy atom. The number of rotatable bonds is 0. The van der Waals surface area contributed by atoms with Crippen LogP contribution in [0.1, 0.15) is 0 Å². The number of hydrogen-bond donors (Lipinski definition) is 3. The van der Waals surface area contributed by atoms with Crippen LogP contribution in [0.3, 0.4) is 0 Å². The van der Waals surface area contributed by atoms with Gasteiger partial charge in [0.25, 0.3) is 0 Å². The van der Waals surface area contributed by atoms with Gasteiger partial charge in [0.05, 0.1) is 0 Å². The molecule has 0 aliphatic rings. The molecule has 0 aromatic carbocycles. The third-order valence-electron chi connectivity index (χ3n) is 0. The van der Waals surface area contributed by atoms with E-state index in [1.165, 1.54) is 0 Å². The first-order chi connectivity index (χ1) is 2.00. The zero-order chi connectivity index (χ0) is 4.50. The number of hydrogen-bond acceptors (Lipinski definition) is 4. The molecule has 0 unspecified atom stereocenters. The molecule has 0 aromatic rings. The Morgan fingerprint density at radius 3 is 1.14 bits per heavy atom. The molecule has 0 aromatic heterocycles. The standard InChI is InChI=1S/Na.H3O4Si.H2S/c;1-5(2,3)4;/h;1-3H;1H2/q+1;-1;. The minimum atomic E-state index is -4.86. The van der Waals surface area contributed by atoms with Crippen LogP contribution in [0, 0.1) is 0 Å². The third kappa shape index (κ3) is 109. The van der Waals surface area contributed by atoms with E-state index in [1.807, 2.05) is 0 Å². The van der Waals surface area contributed by atoms with E-state index in [1.54, 1.807) is 0 Å². The molecular formula is H5NaO4SSi. The van der Waals surface area contributed by atoms with Crippen LogP contribution in [-0.2, 0) is 0 Å². The molecule has 3 N–H and O–H groups in total. The Hall–Kier alpha value is 1.41. The van der Waals surface area contributed by atoms with Crippen LogP contribution in [0.5, 0.6) is 0 Å². The zero-order valence-corrected chi connectivity index (χ0v) is 7.75. The molecule has 0 spiro atoms. The average Bonchev–Trinajstić information content (AvgIpc) is 0.722. The van der Waals surface area contributed by atoms with Gasteiger partial charge in [-0.3, -0.25) is 0 Å². The van der Waals surface area contributed by atoms with Gasteiger partial charge in [-0.1, -0.05) is 0 Å². The summed E-state index contributed by atoms with van der Waals surface area (Å²) in [5.74, 6) is 0. The predicted octanol–water partition coefficient (Wildman–Crippen LogP) is -6.12. The molecule has 0 fully saturated rings. The molecule has 0 saturated carbocycles. The van der Waals surface area contributed by atoms with E-state index in [-0.39, 0.29) is 43.1 Å². The van der Waals surface area contributed by atoms with E-state index in [0.29, 0.717) is 0 Å². The van der Waals surface area contributed by atoms with Gasteiger partial charge >= 0.3 is 38.6 Å². The van der Waals surface area contributed by atoms with Gasteiger partial charge in [0, 0.05) is 0 Å². The summed E-state index contributed by atoms with van der Waals surface area (Å²) >= 11 is 0. The van der Waals surface area contributed by atoms with Gasteiger partial charge in [0.2, 0.25) is 0 Å². The summed E-state index contributed by atoms with van der Waals surface area (Å²) in [5, 5.41) is 0. The maximum Gasteiger partial charge on any atom is 1.00 e. The van der Waals surface area contributed by atoms with Gasteiger partial charge < -0.3 is 19.2 Å². The van der Waals surface area contributed by atoms with Crippen LogP contribution in [0.4, 0.5) is 0 Å². The summed E-state index contributed by atoms with van der Waals surface area (Å²) in [6.07, 6.45) is 0. The van der Waals surface area contributed by atoms with Crippen LogP contribution in [0.15, 0.2) is 0 Å². The monoisotopic (exact) mass is 152 g/mol. The summed E-state index contributed by atoms with van der Waals surface area (Å²) in [7, 11) is -4.86. The first-order valence-electron chi connectivity index (χ1n) is 0.875. The molecule has 40 valence electrons. The van der Waals surface area contributed by atoms with Crippen molar-refractivity contribution in [3.8, 4) is 0 Å². The molecule has 0 atom stereocenters. The molecule has 7 heavy (non-hydrogen) atoms. The third-order valence-corrected chi connectivity index (χ3v) is 0. The Kier molecular flexibility index (Phi) is 12.5. The second-order valence-electron chi connectivity index (χ2n) is 0.574. The van der Waals surface area contributed by atoms with Gasteiger partial charge in [-0.25, -0.2) is 0 Å². The van der Waals surface area contributed by atoms with Crippen molar-refractivity contribution in [3.63, 3.8) is 0 Å². The van der Waals surface area contributed by atoms with Crippen molar-refractivity contribution in [1.82, 2.24) is 0 Å². The summed E-state index contributed by atoms with van der Waals surface area (Å²) in [4.78, 5) is 30.6. The molecule has 0 aliphatic carbocycles. The molecule has 0 heterocycles. The van der Waals surface area contributed by atoms with E-state index in [0.717, 1.165) is 0 Å². The van der Waals surface area contributed by atoms with Gasteiger partial charge in [-0.05, 0) is 0 Å². The van der Waals surface area contributed by atoms with Crippen LogP contribution in [0.2, 0.25) is 0 Å². The second-order valence-corrected chi connectivity index (χ2v) is 1.72. The van der Waals surface area contributed by atoms with E-state index < -0.39 is 9.05 Å². The predicted molar refractivity (Wildman–Crippen MR) is 22.8 cm³/mol. The fourth-order valence-corrected chi connectivity index (χ4v) is 0. The molecule has 0 bridgehead atoms. The van der Waals surface area contributed by atoms with Crippen molar-refractivity contribution < 1.29 is 48.7 Å². The fraction of sp³-hybridized carbons (Fsp3) is 0. The molecular weight excluding hydrogens is 147 g/mol. The first-order valence-corrected chi connectivity index (χ1v) is 2.62. The normalized spacial score (nSPS) is 8.57. The molecule has 0 radical (unpaired) electrons. The fourth-order valence-electron chi connectivity index (χ4n) is 0. The molecule has 7 heteroatoms. The van der Waals surface area contributed by atoms with Gasteiger partial charge in [-0.2, -0.15) is 13.5 Å². The smallest absolute Gasteiger partial charge is 0.794 e. The molecule has 0 saturated heterocycles. The van der Waals surface area contributed by atoms with Crippen molar-refractivity contribution in [3.05, 3.63) is 0 Å². The summed E-state index contributed by atoms with van der Waals surface area (Å²) in [6.45, 7) is 0. The Morgan fingerprint density at radius 2 is 1.14 bits per heavy atom. The van der Waals surface area contributed by atoms with Crippen LogP contribution in [0.25, 0.3) is 0 Å². The SMILES string of the molecule is S.[Na+].[O-][Si](O)(O)O. The molecule has 0 aliphatic heterocycles. The quantitative estimate of drug-likeness (QED) is 0.302. The second kappa shape index (κ2) is 5.54. The van der Waals surface area contributed by atoms with Gasteiger partial charge in [0.15, 0.2) is 0 Å². The molecule has 0 amide bonds. The summed E-state index contributed by atoms with van der Waals surface area (Å²) < 4.78 is 0. The topological polar surface area (TPSA) is 83.8 Å².